The zero-order chi connectivity index (χ0) is 24.2. The Kier molecular flexibility index (Phi) is 5.31. The van der Waals surface area contributed by atoms with E-state index in [9.17, 15) is 19.5 Å². The van der Waals surface area contributed by atoms with Crippen LogP contribution in [-0.2, 0) is 14.3 Å². The van der Waals surface area contributed by atoms with Gasteiger partial charge in [-0.3, -0.25) is 9.59 Å². The van der Waals surface area contributed by atoms with Crippen molar-refractivity contribution in [3.05, 3.63) is 59.7 Å². The molecule has 182 valence electrons. The van der Waals surface area contributed by atoms with Crippen molar-refractivity contribution < 1.29 is 24.2 Å². The average molecular weight is 475 g/mol. The zero-order valence-corrected chi connectivity index (χ0v) is 19.6. The number of carboxylic acid groups (broad SMARTS) is 1. The van der Waals surface area contributed by atoms with Crippen LogP contribution in [0.5, 0.6) is 0 Å². The predicted molar refractivity (Wildman–Crippen MR) is 129 cm³/mol. The van der Waals surface area contributed by atoms with Crippen molar-refractivity contribution in [2.24, 2.45) is 17.3 Å². The number of nitrogens with zero attached hydrogens (tertiary/aromatic N) is 1. The summed E-state index contributed by atoms with van der Waals surface area (Å²) >= 11 is 0. The van der Waals surface area contributed by atoms with Gasteiger partial charge >= 0.3 is 12.1 Å². The first-order valence-corrected chi connectivity index (χ1v) is 12.6. The van der Waals surface area contributed by atoms with Crippen molar-refractivity contribution in [2.45, 2.75) is 44.1 Å². The first kappa shape index (κ1) is 22.1. The second-order valence-electron chi connectivity index (χ2n) is 10.7. The van der Waals surface area contributed by atoms with Crippen LogP contribution in [0.25, 0.3) is 11.1 Å². The Hall–Kier alpha value is -3.35. The smallest absolute Gasteiger partial charge is 0.407 e. The first-order valence-electron chi connectivity index (χ1n) is 12.6. The fourth-order valence-corrected chi connectivity index (χ4v) is 6.62. The van der Waals surface area contributed by atoms with E-state index in [-0.39, 0.29) is 35.8 Å². The van der Waals surface area contributed by atoms with Gasteiger partial charge in [-0.1, -0.05) is 55.0 Å². The fraction of sp³-hybridized carbons (Fsp3) is 0.464. The van der Waals surface area contributed by atoms with E-state index in [0.717, 1.165) is 19.3 Å². The normalized spacial score (nSPS) is 25.8. The number of likely N-dealkylation sites (tertiary alicyclic amines) is 1. The third kappa shape index (κ3) is 3.68. The van der Waals surface area contributed by atoms with E-state index in [1.54, 1.807) is 4.90 Å². The number of rotatable bonds is 5. The van der Waals surface area contributed by atoms with Crippen molar-refractivity contribution in [3.63, 3.8) is 0 Å². The van der Waals surface area contributed by atoms with Crippen molar-refractivity contribution in [1.29, 1.82) is 0 Å². The standard InChI is InChI=1S/C28H30N2O5/c31-25(30-14-24(26(32)33)28(16-30)10-5-11-28)17-12-18(13-17)29-27(34)35-15-23-21-8-3-1-6-19(21)20-7-2-4-9-22(20)23/h1-4,6-9,17-18,23-24H,5,10-16H2,(H,29,34)(H,32,33). The monoisotopic (exact) mass is 474 g/mol. The van der Waals surface area contributed by atoms with Gasteiger partial charge < -0.3 is 20.1 Å². The van der Waals surface area contributed by atoms with Crippen LogP contribution in [0.3, 0.4) is 0 Å². The molecule has 1 saturated heterocycles. The Morgan fingerprint density at radius 1 is 1.00 bits per heavy atom. The molecule has 0 bridgehead atoms. The molecule has 2 aromatic rings. The molecule has 1 aliphatic heterocycles. The number of benzene rings is 2. The summed E-state index contributed by atoms with van der Waals surface area (Å²) in [5.41, 5.74) is 4.50. The minimum atomic E-state index is -0.789. The van der Waals surface area contributed by atoms with Gasteiger partial charge in [-0.25, -0.2) is 4.79 Å². The summed E-state index contributed by atoms with van der Waals surface area (Å²) in [7, 11) is 0. The number of amides is 2. The first-order chi connectivity index (χ1) is 16.9. The van der Waals surface area contributed by atoms with E-state index >= 15 is 0 Å². The molecule has 1 unspecified atom stereocenters. The Bertz CT molecular complexity index is 1140. The van der Waals surface area contributed by atoms with E-state index in [0.29, 0.717) is 25.9 Å². The van der Waals surface area contributed by atoms with Gasteiger partial charge in [0.25, 0.3) is 0 Å². The van der Waals surface area contributed by atoms with E-state index in [1.165, 1.54) is 22.3 Å². The molecule has 2 N–H and O–H groups in total. The minimum absolute atomic E-state index is 0.0139. The van der Waals surface area contributed by atoms with Crippen LogP contribution in [0.15, 0.2) is 48.5 Å². The predicted octanol–water partition coefficient (Wildman–Crippen LogP) is 4.02. The van der Waals surface area contributed by atoms with Gasteiger partial charge in [0.05, 0.1) is 5.92 Å². The lowest BCUT2D eigenvalue weighted by molar-refractivity contribution is -0.146. The van der Waals surface area contributed by atoms with Crippen LogP contribution in [0, 0.1) is 17.3 Å². The maximum Gasteiger partial charge on any atom is 0.407 e. The van der Waals surface area contributed by atoms with Crippen LogP contribution in [0.2, 0.25) is 0 Å². The lowest BCUT2D eigenvalue weighted by atomic mass is 9.63. The van der Waals surface area contributed by atoms with Gasteiger partial charge in [-0.2, -0.15) is 0 Å². The van der Waals surface area contributed by atoms with Crippen molar-refractivity contribution in [3.8, 4) is 11.1 Å². The SMILES string of the molecule is O=C(NC1CC(C(=O)N2CC(C(=O)O)C3(CCC3)C2)C1)OCC1c2ccccc2-c2ccccc21. The van der Waals surface area contributed by atoms with Crippen molar-refractivity contribution in [1.82, 2.24) is 10.2 Å². The lowest BCUT2D eigenvalue weighted by Crippen LogP contribution is -2.50. The summed E-state index contributed by atoms with van der Waals surface area (Å²) in [5.74, 6) is -1.34. The van der Waals surface area contributed by atoms with Gasteiger partial charge in [-0.15, -0.1) is 0 Å². The molecule has 3 fully saturated rings. The number of hydrogen-bond donors (Lipinski definition) is 2. The highest BCUT2D eigenvalue weighted by Gasteiger charge is 2.55. The molecule has 2 saturated carbocycles. The van der Waals surface area contributed by atoms with Crippen LogP contribution >= 0.6 is 0 Å². The number of hydrogen-bond acceptors (Lipinski definition) is 4. The molecule has 7 nitrogen and oxygen atoms in total. The molecular weight excluding hydrogens is 444 g/mol. The second kappa shape index (κ2) is 8.40. The summed E-state index contributed by atoms with van der Waals surface area (Å²) in [6.07, 6.45) is 3.52. The van der Waals surface area contributed by atoms with Gasteiger partial charge in [0.1, 0.15) is 6.61 Å². The quantitative estimate of drug-likeness (QED) is 0.683. The molecular formula is C28H30N2O5. The van der Waals surface area contributed by atoms with Crippen LogP contribution in [-0.4, -0.2) is 53.7 Å². The molecule has 0 radical (unpaired) electrons. The van der Waals surface area contributed by atoms with Gasteiger partial charge in [0.15, 0.2) is 0 Å². The summed E-state index contributed by atoms with van der Waals surface area (Å²) in [6, 6.07) is 16.4. The topological polar surface area (TPSA) is 95.9 Å². The third-order valence-corrected chi connectivity index (χ3v) is 8.76. The number of nitrogens with one attached hydrogen (secondary N) is 1. The molecule has 2 aromatic carbocycles. The Morgan fingerprint density at radius 2 is 1.63 bits per heavy atom. The van der Waals surface area contributed by atoms with E-state index in [1.807, 2.05) is 24.3 Å². The maximum atomic E-state index is 13.0. The number of fused-ring (bicyclic) bond motifs is 3. The molecule has 4 aliphatic rings. The third-order valence-electron chi connectivity index (χ3n) is 8.76. The summed E-state index contributed by atoms with van der Waals surface area (Å²) in [6.45, 7) is 1.14. The molecule has 1 atom stereocenters. The molecule has 6 rings (SSSR count). The minimum Gasteiger partial charge on any atom is -0.481 e. The molecule has 35 heavy (non-hydrogen) atoms. The molecule has 2 amide bonds. The van der Waals surface area contributed by atoms with Crippen LogP contribution in [0.4, 0.5) is 4.79 Å². The largest absolute Gasteiger partial charge is 0.481 e. The van der Waals surface area contributed by atoms with E-state index in [4.69, 9.17) is 4.74 Å². The van der Waals surface area contributed by atoms with E-state index < -0.39 is 18.0 Å². The Morgan fingerprint density at radius 3 is 2.17 bits per heavy atom. The van der Waals surface area contributed by atoms with Crippen molar-refractivity contribution in [2.75, 3.05) is 19.7 Å². The molecule has 7 heteroatoms. The molecule has 0 aromatic heterocycles. The molecule has 1 spiro atoms. The average Bonchev–Trinajstić information content (AvgIpc) is 3.37. The van der Waals surface area contributed by atoms with Gasteiger partial charge in [0, 0.05) is 36.4 Å². The summed E-state index contributed by atoms with van der Waals surface area (Å²) in [4.78, 5) is 38.9. The van der Waals surface area contributed by atoms with Crippen LogP contribution < -0.4 is 5.32 Å². The fourth-order valence-electron chi connectivity index (χ4n) is 6.62. The number of ether oxygens (including phenoxy) is 1. The summed E-state index contributed by atoms with van der Waals surface area (Å²) < 4.78 is 5.62. The zero-order valence-electron chi connectivity index (χ0n) is 19.6. The summed E-state index contributed by atoms with van der Waals surface area (Å²) in [5, 5.41) is 12.5. The molecule has 1 heterocycles. The maximum absolute atomic E-state index is 13.0. The highest BCUT2D eigenvalue weighted by atomic mass is 16.5. The van der Waals surface area contributed by atoms with E-state index in [2.05, 4.69) is 29.6 Å². The van der Waals surface area contributed by atoms with Crippen molar-refractivity contribution >= 4 is 18.0 Å². The second-order valence-corrected chi connectivity index (χ2v) is 10.7. The van der Waals surface area contributed by atoms with Crippen LogP contribution in [0.1, 0.15) is 49.1 Å². The van der Waals surface area contributed by atoms with Gasteiger partial charge in [0.2, 0.25) is 5.91 Å². The number of carboxylic acids is 1. The molecule has 3 aliphatic carbocycles. The highest BCUT2D eigenvalue weighted by molar-refractivity contribution is 5.83. The number of carbonyl (C=O) groups excluding carboxylic acids is 2. The van der Waals surface area contributed by atoms with Gasteiger partial charge in [-0.05, 0) is 47.9 Å². The highest BCUT2D eigenvalue weighted by Crippen LogP contribution is 2.52. The number of aliphatic carboxylic acids is 1. The Balaban J connectivity index is 1.00. The lowest BCUT2D eigenvalue weighted by Gasteiger charge is -2.41. The Labute approximate surface area is 204 Å². The number of alkyl carbamates (subject to hydrolysis) is 1. The number of carbonyl (C=O) groups is 3.